The number of guanidine groups is 1. The number of hydrogen-bond donors (Lipinski definition) is 3. The third-order valence-electron chi connectivity index (χ3n) is 4.82. The van der Waals surface area contributed by atoms with E-state index in [4.69, 9.17) is 9.47 Å². The molecule has 7 nitrogen and oxygen atoms in total. The number of aliphatic hydroxyl groups excluding tert-OH is 1. The van der Waals surface area contributed by atoms with Crippen molar-refractivity contribution in [2.24, 2.45) is 4.99 Å². The van der Waals surface area contributed by atoms with Crippen LogP contribution in [0.25, 0.3) is 0 Å². The first-order chi connectivity index (χ1) is 14.4. The summed E-state index contributed by atoms with van der Waals surface area (Å²) in [7, 11) is 0. The van der Waals surface area contributed by atoms with E-state index in [1.54, 1.807) is 0 Å². The van der Waals surface area contributed by atoms with Crippen LogP contribution in [0.1, 0.15) is 52.7 Å². The third kappa shape index (κ3) is 10.9. The molecular weight excluding hydrogens is 507 g/mol. The van der Waals surface area contributed by atoms with Gasteiger partial charge in [0.1, 0.15) is 5.75 Å². The number of aliphatic imine (C=N–C) groups is 1. The molecule has 31 heavy (non-hydrogen) atoms. The number of halogens is 1. The number of nitrogens with one attached hydrogen (secondary N) is 2. The highest BCUT2D eigenvalue weighted by Gasteiger charge is 2.21. The Morgan fingerprint density at radius 3 is 2.61 bits per heavy atom. The fraction of sp³-hybridized carbons (Fsp3) is 0.696. The van der Waals surface area contributed by atoms with E-state index in [1.165, 1.54) is 0 Å². The first kappa shape index (κ1) is 27.9. The second-order valence-electron chi connectivity index (χ2n) is 8.27. The quantitative estimate of drug-likeness (QED) is 0.181. The molecule has 1 aliphatic heterocycles. The number of hydrogen-bond acceptors (Lipinski definition) is 5. The van der Waals surface area contributed by atoms with Crippen molar-refractivity contribution in [2.45, 2.75) is 65.5 Å². The number of rotatable bonds is 10. The van der Waals surface area contributed by atoms with E-state index in [2.05, 4.69) is 34.4 Å². The summed E-state index contributed by atoms with van der Waals surface area (Å²) >= 11 is 0. The zero-order valence-corrected chi connectivity index (χ0v) is 22.0. The highest BCUT2D eigenvalue weighted by molar-refractivity contribution is 14.0. The van der Waals surface area contributed by atoms with Crippen molar-refractivity contribution in [2.75, 3.05) is 39.3 Å². The highest BCUT2D eigenvalue weighted by Crippen LogP contribution is 2.20. The van der Waals surface area contributed by atoms with E-state index < -0.39 is 6.10 Å². The van der Waals surface area contributed by atoms with Crippen molar-refractivity contribution in [3.8, 4) is 5.75 Å². The van der Waals surface area contributed by atoms with Crippen molar-refractivity contribution in [3.05, 3.63) is 29.8 Å². The van der Waals surface area contributed by atoms with Gasteiger partial charge in [0.2, 0.25) is 0 Å². The largest absolute Gasteiger partial charge is 0.491 e. The molecule has 1 aromatic rings. The monoisotopic (exact) mass is 548 g/mol. The summed E-state index contributed by atoms with van der Waals surface area (Å²) in [5, 5.41) is 17.2. The Morgan fingerprint density at radius 1 is 1.26 bits per heavy atom. The van der Waals surface area contributed by atoms with E-state index in [0.717, 1.165) is 56.4 Å². The molecule has 178 valence electrons. The zero-order valence-electron chi connectivity index (χ0n) is 19.6. The van der Waals surface area contributed by atoms with Crippen LogP contribution >= 0.6 is 24.0 Å². The Hall–Kier alpha value is -1.10. The first-order valence-corrected chi connectivity index (χ1v) is 11.2. The van der Waals surface area contributed by atoms with Crippen LogP contribution in [-0.2, 0) is 4.74 Å². The zero-order chi connectivity index (χ0) is 21.9. The van der Waals surface area contributed by atoms with E-state index in [9.17, 15) is 5.11 Å². The van der Waals surface area contributed by atoms with Crippen molar-refractivity contribution < 1.29 is 14.6 Å². The van der Waals surface area contributed by atoms with Gasteiger partial charge in [-0.15, -0.1) is 24.0 Å². The van der Waals surface area contributed by atoms with E-state index in [-0.39, 0.29) is 30.1 Å². The fourth-order valence-corrected chi connectivity index (χ4v) is 3.67. The number of morpholine rings is 1. The molecule has 0 spiro atoms. The predicted octanol–water partition coefficient (Wildman–Crippen LogP) is 3.18. The molecule has 1 saturated heterocycles. The number of nitrogens with zero attached hydrogens (tertiary/aromatic N) is 2. The summed E-state index contributed by atoms with van der Waals surface area (Å²) in [6.45, 7) is 15.2. The average molecular weight is 549 g/mol. The standard InChI is InChI=1S/C23H40N4O3.HI/c1-6-24-23(25-11-8-12-27-15-18(4)30-19(5)16-27)26-14-22(28)20-9-7-10-21(13-20)29-17(2)3;/h7,9-10,13,17-19,22,28H,6,8,11-12,14-16H2,1-5H3,(H2,24,25,26);1H. The molecular formula is C23H41IN4O3. The molecule has 1 aliphatic rings. The van der Waals surface area contributed by atoms with E-state index in [1.807, 2.05) is 45.0 Å². The SMILES string of the molecule is CCNC(=NCC(O)c1cccc(OC(C)C)c1)NCCCN1CC(C)OC(C)C1.I. The maximum absolute atomic E-state index is 10.6. The maximum atomic E-state index is 10.6. The number of benzene rings is 1. The summed E-state index contributed by atoms with van der Waals surface area (Å²) in [4.78, 5) is 7.02. The van der Waals surface area contributed by atoms with E-state index >= 15 is 0 Å². The number of aliphatic hydroxyl groups is 1. The molecule has 2 rings (SSSR count). The van der Waals surface area contributed by atoms with Crippen molar-refractivity contribution in [1.82, 2.24) is 15.5 Å². The van der Waals surface area contributed by atoms with Crippen molar-refractivity contribution in [1.29, 1.82) is 0 Å². The minimum Gasteiger partial charge on any atom is -0.491 e. The second kappa shape index (κ2) is 14.9. The van der Waals surface area contributed by atoms with E-state index in [0.29, 0.717) is 18.8 Å². The smallest absolute Gasteiger partial charge is 0.191 e. The molecule has 1 heterocycles. The lowest BCUT2D eigenvalue weighted by molar-refractivity contribution is -0.0679. The molecule has 0 amide bonds. The van der Waals surface area contributed by atoms with Crippen LogP contribution in [-0.4, -0.2) is 73.5 Å². The Kier molecular flexibility index (Phi) is 13.4. The summed E-state index contributed by atoms with van der Waals surface area (Å²) in [5.41, 5.74) is 0.809. The lowest BCUT2D eigenvalue weighted by Gasteiger charge is -2.35. The van der Waals surface area contributed by atoms with Gasteiger partial charge < -0.3 is 25.2 Å². The second-order valence-corrected chi connectivity index (χ2v) is 8.27. The predicted molar refractivity (Wildman–Crippen MR) is 138 cm³/mol. The summed E-state index contributed by atoms with van der Waals surface area (Å²) in [6.07, 6.45) is 1.05. The minimum atomic E-state index is -0.674. The van der Waals surface area contributed by atoms with Gasteiger partial charge in [-0.2, -0.15) is 0 Å². The molecule has 0 radical (unpaired) electrons. The molecule has 0 saturated carbocycles. The molecule has 0 aromatic heterocycles. The van der Waals surface area contributed by atoms with Gasteiger partial charge in [0.15, 0.2) is 5.96 Å². The van der Waals surface area contributed by atoms with Gasteiger partial charge in [-0.1, -0.05) is 12.1 Å². The summed E-state index contributed by atoms with van der Waals surface area (Å²) in [6, 6.07) is 7.58. The van der Waals surface area contributed by atoms with Gasteiger partial charge in [0.05, 0.1) is 31.0 Å². The lowest BCUT2D eigenvalue weighted by atomic mass is 10.1. The summed E-state index contributed by atoms with van der Waals surface area (Å²) < 4.78 is 11.5. The first-order valence-electron chi connectivity index (χ1n) is 11.2. The van der Waals surface area contributed by atoms with Gasteiger partial charge in [-0.05, 0) is 58.7 Å². The van der Waals surface area contributed by atoms with Crippen LogP contribution in [0.15, 0.2) is 29.3 Å². The number of ether oxygens (including phenoxy) is 2. The summed E-state index contributed by atoms with van der Waals surface area (Å²) in [5.74, 6) is 1.50. The van der Waals surface area contributed by atoms with Crippen LogP contribution in [0.2, 0.25) is 0 Å². The molecule has 1 fully saturated rings. The normalized spacial score (nSPS) is 20.8. The average Bonchev–Trinajstić information content (AvgIpc) is 2.68. The molecule has 8 heteroatoms. The molecule has 0 bridgehead atoms. The van der Waals surface area contributed by atoms with Crippen molar-refractivity contribution >= 4 is 29.9 Å². The van der Waals surface area contributed by atoms with Gasteiger partial charge in [-0.25, -0.2) is 0 Å². The highest BCUT2D eigenvalue weighted by atomic mass is 127. The van der Waals surface area contributed by atoms with Crippen LogP contribution in [0.5, 0.6) is 5.75 Å². The fourth-order valence-electron chi connectivity index (χ4n) is 3.67. The molecule has 3 N–H and O–H groups in total. The molecule has 0 aliphatic carbocycles. The molecule has 3 atom stereocenters. The molecule has 1 aromatic carbocycles. The van der Waals surface area contributed by atoms with Crippen molar-refractivity contribution in [3.63, 3.8) is 0 Å². The van der Waals surface area contributed by atoms with Crippen LogP contribution in [0.4, 0.5) is 0 Å². The Bertz CT molecular complexity index is 649. The topological polar surface area (TPSA) is 78.4 Å². The third-order valence-corrected chi connectivity index (χ3v) is 4.82. The lowest BCUT2D eigenvalue weighted by Crippen LogP contribution is -2.46. The molecule has 3 unspecified atom stereocenters. The van der Waals surface area contributed by atoms with Gasteiger partial charge in [0.25, 0.3) is 0 Å². The Morgan fingerprint density at radius 2 is 1.97 bits per heavy atom. The van der Waals surface area contributed by atoms with Crippen LogP contribution in [0, 0.1) is 0 Å². The van der Waals surface area contributed by atoms with Crippen LogP contribution < -0.4 is 15.4 Å². The van der Waals surface area contributed by atoms with Gasteiger partial charge in [-0.3, -0.25) is 9.89 Å². The van der Waals surface area contributed by atoms with Gasteiger partial charge >= 0.3 is 0 Å². The maximum Gasteiger partial charge on any atom is 0.191 e. The van der Waals surface area contributed by atoms with Crippen LogP contribution in [0.3, 0.4) is 0 Å². The minimum absolute atomic E-state index is 0. The van der Waals surface area contributed by atoms with Gasteiger partial charge in [0, 0.05) is 32.7 Å². The Labute approximate surface area is 205 Å². The Balaban J connectivity index is 0.00000480.